The van der Waals surface area contributed by atoms with Crippen LogP contribution in [0.15, 0.2) is 18.2 Å². The largest absolute Gasteiger partial charge is 0.493 e. The van der Waals surface area contributed by atoms with Crippen LogP contribution in [0.2, 0.25) is 0 Å². The Bertz CT molecular complexity index is 576. The molecule has 2 saturated carbocycles. The van der Waals surface area contributed by atoms with E-state index in [1.807, 2.05) is 18.2 Å². The van der Waals surface area contributed by atoms with E-state index in [4.69, 9.17) is 15.2 Å². The Morgan fingerprint density at radius 3 is 2.64 bits per heavy atom. The van der Waals surface area contributed by atoms with Crippen LogP contribution in [0.4, 0.5) is 0 Å². The van der Waals surface area contributed by atoms with E-state index in [1.165, 1.54) is 12.8 Å². The number of rotatable bonds is 6. The summed E-state index contributed by atoms with van der Waals surface area (Å²) in [5.41, 5.74) is 6.88. The summed E-state index contributed by atoms with van der Waals surface area (Å²) >= 11 is 0. The van der Waals surface area contributed by atoms with Crippen molar-refractivity contribution in [2.75, 3.05) is 7.11 Å². The lowest BCUT2D eigenvalue weighted by Crippen LogP contribution is -2.30. The number of ether oxygens (including phenoxy) is 2. The van der Waals surface area contributed by atoms with Crippen LogP contribution in [-0.4, -0.2) is 25.2 Å². The minimum absolute atomic E-state index is 0. The molecule has 1 aromatic carbocycles. The number of hydrogen-bond acceptors (Lipinski definition) is 4. The molecule has 6 heteroatoms. The zero-order valence-corrected chi connectivity index (χ0v) is 15.6. The average molecular weight is 369 g/mol. The van der Waals surface area contributed by atoms with Gasteiger partial charge >= 0.3 is 0 Å². The van der Waals surface area contributed by atoms with Gasteiger partial charge in [-0.25, -0.2) is 0 Å². The predicted molar refractivity (Wildman–Crippen MR) is 100 cm³/mol. The van der Waals surface area contributed by atoms with E-state index in [-0.39, 0.29) is 36.4 Å². The second-order valence-corrected chi connectivity index (χ2v) is 6.96. The summed E-state index contributed by atoms with van der Waals surface area (Å²) in [5.74, 6) is 1.65. The molecule has 3 N–H and O–H groups in total. The molecule has 0 heterocycles. The van der Waals surface area contributed by atoms with Gasteiger partial charge in [0, 0.05) is 24.1 Å². The molecule has 2 aliphatic rings. The van der Waals surface area contributed by atoms with Gasteiger partial charge in [-0.15, -0.1) is 12.4 Å². The van der Waals surface area contributed by atoms with E-state index in [0.29, 0.717) is 6.54 Å². The Kier molecular flexibility index (Phi) is 7.38. The molecule has 2 unspecified atom stereocenters. The van der Waals surface area contributed by atoms with Gasteiger partial charge in [-0.1, -0.05) is 12.1 Å². The first-order valence-electron chi connectivity index (χ1n) is 9.03. The van der Waals surface area contributed by atoms with Crippen molar-refractivity contribution in [3.8, 4) is 11.5 Å². The maximum absolute atomic E-state index is 12.3. The van der Waals surface area contributed by atoms with Gasteiger partial charge in [0.05, 0.1) is 13.2 Å². The van der Waals surface area contributed by atoms with Crippen LogP contribution in [0.5, 0.6) is 11.5 Å². The highest BCUT2D eigenvalue weighted by molar-refractivity contribution is 5.85. The van der Waals surface area contributed by atoms with E-state index < -0.39 is 0 Å². The monoisotopic (exact) mass is 368 g/mol. The SMILES string of the molecule is COc1cccc(CNC(=O)C2CCC(N)C2)c1OC1CCCC1.Cl. The van der Waals surface area contributed by atoms with Crippen molar-refractivity contribution in [2.24, 2.45) is 11.7 Å². The summed E-state index contributed by atoms with van der Waals surface area (Å²) in [6.45, 7) is 0.462. The zero-order chi connectivity index (χ0) is 16.9. The zero-order valence-electron chi connectivity index (χ0n) is 14.8. The smallest absolute Gasteiger partial charge is 0.223 e. The molecule has 25 heavy (non-hydrogen) atoms. The first-order valence-corrected chi connectivity index (χ1v) is 9.03. The van der Waals surface area contributed by atoms with Crippen LogP contribution in [0, 0.1) is 5.92 Å². The van der Waals surface area contributed by atoms with Gasteiger partial charge in [0.15, 0.2) is 11.5 Å². The Hall–Kier alpha value is -1.46. The molecule has 0 radical (unpaired) electrons. The fraction of sp³-hybridized carbons (Fsp3) is 0.632. The number of benzene rings is 1. The van der Waals surface area contributed by atoms with Gasteiger partial charge < -0.3 is 20.5 Å². The van der Waals surface area contributed by atoms with Gasteiger partial charge in [0.25, 0.3) is 0 Å². The highest BCUT2D eigenvalue weighted by Crippen LogP contribution is 2.35. The summed E-state index contributed by atoms with van der Waals surface area (Å²) in [5, 5.41) is 3.05. The topological polar surface area (TPSA) is 73.6 Å². The molecule has 3 rings (SSSR count). The van der Waals surface area contributed by atoms with Crippen LogP contribution in [0.25, 0.3) is 0 Å². The molecule has 2 aliphatic carbocycles. The van der Waals surface area contributed by atoms with Crippen molar-refractivity contribution in [3.63, 3.8) is 0 Å². The highest BCUT2D eigenvalue weighted by Gasteiger charge is 2.28. The molecular weight excluding hydrogens is 340 g/mol. The van der Waals surface area contributed by atoms with Crippen molar-refractivity contribution >= 4 is 18.3 Å². The van der Waals surface area contributed by atoms with Gasteiger partial charge in [0.1, 0.15) is 0 Å². The molecule has 0 bridgehead atoms. The first-order chi connectivity index (χ1) is 11.7. The normalized spacial score (nSPS) is 23.1. The fourth-order valence-corrected chi connectivity index (χ4v) is 3.75. The number of carbonyl (C=O) groups excluding carboxylic acids is 1. The highest BCUT2D eigenvalue weighted by atomic mass is 35.5. The van der Waals surface area contributed by atoms with E-state index in [9.17, 15) is 4.79 Å². The van der Waals surface area contributed by atoms with Crippen molar-refractivity contribution in [3.05, 3.63) is 23.8 Å². The summed E-state index contributed by atoms with van der Waals surface area (Å²) in [6.07, 6.45) is 7.47. The lowest BCUT2D eigenvalue weighted by Gasteiger charge is -2.20. The van der Waals surface area contributed by atoms with Crippen molar-refractivity contribution in [1.29, 1.82) is 0 Å². The lowest BCUT2D eigenvalue weighted by atomic mass is 10.1. The van der Waals surface area contributed by atoms with E-state index in [2.05, 4.69) is 5.32 Å². The number of halogens is 1. The summed E-state index contributed by atoms with van der Waals surface area (Å²) in [4.78, 5) is 12.3. The summed E-state index contributed by atoms with van der Waals surface area (Å²) < 4.78 is 11.7. The van der Waals surface area contributed by atoms with Crippen molar-refractivity contribution in [1.82, 2.24) is 5.32 Å². The maximum Gasteiger partial charge on any atom is 0.223 e. The van der Waals surface area contributed by atoms with Crippen LogP contribution in [0.1, 0.15) is 50.5 Å². The molecule has 0 aliphatic heterocycles. The number of carbonyl (C=O) groups is 1. The molecule has 140 valence electrons. The van der Waals surface area contributed by atoms with Crippen LogP contribution >= 0.6 is 12.4 Å². The number of hydrogen-bond donors (Lipinski definition) is 2. The number of nitrogens with one attached hydrogen (secondary N) is 1. The average Bonchev–Trinajstić information content (AvgIpc) is 3.25. The molecule has 5 nitrogen and oxygen atoms in total. The molecule has 2 fully saturated rings. The van der Waals surface area contributed by atoms with Gasteiger partial charge in [-0.2, -0.15) is 0 Å². The third kappa shape index (κ3) is 5.02. The maximum atomic E-state index is 12.3. The Morgan fingerprint density at radius 2 is 2.00 bits per heavy atom. The van der Waals surface area contributed by atoms with Gasteiger partial charge in [-0.3, -0.25) is 4.79 Å². The molecule has 0 saturated heterocycles. The third-order valence-electron chi connectivity index (χ3n) is 5.16. The molecule has 0 aromatic heterocycles. The predicted octanol–water partition coefficient (Wildman–Crippen LogP) is 3.18. The second-order valence-electron chi connectivity index (χ2n) is 6.96. The summed E-state index contributed by atoms with van der Waals surface area (Å²) in [7, 11) is 1.65. The first kappa shape index (κ1) is 19.9. The number of methoxy groups -OCH3 is 1. The number of para-hydroxylation sites is 1. The molecule has 0 spiro atoms. The van der Waals surface area contributed by atoms with Crippen molar-refractivity contribution < 1.29 is 14.3 Å². The van der Waals surface area contributed by atoms with Crippen molar-refractivity contribution in [2.45, 2.75) is 63.6 Å². The Labute approximate surface area is 156 Å². The number of amides is 1. The molecule has 1 aromatic rings. The number of nitrogens with two attached hydrogens (primary N) is 1. The van der Waals surface area contributed by atoms with E-state index in [0.717, 1.165) is 49.2 Å². The van der Waals surface area contributed by atoms with E-state index >= 15 is 0 Å². The lowest BCUT2D eigenvalue weighted by molar-refractivity contribution is -0.125. The van der Waals surface area contributed by atoms with Crippen LogP contribution < -0.4 is 20.5 Å². The Balaban J connectivity index is 0.00000225. The van der Waals surface area contributed by atoms with Crippen LogP contribution in [-0.2, 0) is 11.3 Å². The minimum atomic E-state index is 0. The summed E-state index contributed by atoms with van der Waals surface area (Å²) in [6, 6.07) is 6.01. The van der Waals surface area contributed by atoms with Gasteiger partial charge in [0.2, 0.25) is 5.91 Å². The van der Waals surface area contributed by atoms with Gasteiger partial charge in [-0.05, 0) is 51.0 Å². The standard InChI is InChI=1S/C19H28N2O3.ClH/c1-23-17-8-4-5-14(18(17)24-16-6-2-3-7-16)12-21-19(22)13-9-10-15(20)11-13;/h4-5,8,13,15-16H,2-3,6-7,9-12,20H2,1H3,(H,21,22);1H. The Morgan fingerprint density at radius 1 is 1.24 bits per heavy atom. The minimum Gasteiger partial charge on any atom is -0.493 e. The molecule has 1 amide bonds. The molecular formula is C19H29ClN2O3. The quantitative estimate of drug-likeness (QED) is 0.808. The van der Waals surface area contributed by atoms with Crippen LogP contribution in [0.3, 0.4) is 0 Å². The molecule has 2 atom stereocenters. The fourth-order valence-electron chi connectivity index (χ4n) is 3.75. The second kappa shape index (κ2) is 9.30. The van der Waals surface area contributed by atoms with E-state index in [1.54, 1.807) is 7.11 Å². The third-order valence-corrected chi connectivity index (χ3v) is 5.16.